The Balaban J connectivity index is 1.71. The van der Waals surface area contributed by atoms with Crippen molar-refractivity contribution in [3.63, 3.8) is 0 Å². The summed E-state index contributed by atoms with van der Waals surface area (Å²) in [5.74, 6) is -0.160. The van der Waals surface area contributed by atoms with Crippen LogP contribution in [0.5, 0.6) is 0 Å². The molecule has 9 heteroatoms. The van der Waals surface area contributed by atoms with Gasteiger partial charge in [0.15, 0.2) is 0 Å². The Kier molecular flexibility index (Phi) is 4.91. The molecule has 1 saturated heterocycles. The van der Waals surface area contributed by atoms with Crippen molar-refractivity contribution in [3.05, 3.63) is 45.4 Å². The summed E-state index contributed by atoms with van der Waals surface area (Å²) < 4.78 is 26.8. The second-order valence-electron chi connectivity index (χ2n) is 5.48. The minimum Gasteiger partial charge on any atom is -0.335 e. The molecule has 24 heavy (non-hydrogen) atoms. The van der Waals surface area contributed by atoms with Gasteiger partial charge in [-0.15, -0.1) is 11.3 Å². The fourth-order valence-electron chi connectivity index (χ4n) is 2.49. The fraction of sp³-hybridized carbons (Fsp3) is 0.333. The molecular weight excluding hydrogens is 370 g/mol. The molecule has 1 aliphatic heterocycles. The normalized spacial score (nSPS) is 16.3. The Labute approximate surface area is 149 Å². The van der Waals surface area contributed by atoms with Crippen molar-refractivity contribution >= 4 is 38.9 Å². The Morgan fingerprint density at radius 1 is 1.25 bits per heavy atom. The van der Waals surface area contributed by atoms with Crippen molar-refractivity contribution in [2.45, 2.75) is 11.8 Å². The van der Waals surface area contributed by atoms with Gasteiger partial charge in [-0.1, -0.05) is 17.7 Å². The van der Waals surface area contributed by atoms with Gasteiger partial charge >= 0.3 is 0 Å². The number of hydrogen-bond acceptors (Lipinski definition) is 5. The number of thiazole rings is 1. The Morgan fingerprint density at radius 2 is 1.96 bits per heavy atom. The van der Waals surface area contributed by atoms with Gasteiger partial charge in [0.25, 0.3) is 5.91 Å². The van der Waals surface area contributed by atoms with Gasteiger partial charge in [0.1, 0.15) is 5.69 Å². The van der Waals surface area contributed by atoms with E-state index in [0.29, 0.717) is 23.8 Å². The SMILES string of the molecule is Cc1ccc(S(=O)(=O)N2CCN(C(=O)c3cscn3)CC2)cc1Cl. The number of aryl methyl sites for hydroxylation is 1. The maximum absolute atomic E-state index is 12.7. The second kappa shape index (κ2) is 6.79. The third kappa shape index (κ3) is 3.32. The average Bonchev–Trinajstić information content (AvgIpc) is 3.11. The van der Waals surface area contributed by atoms with Crippen molar-refractivity contribution in [2.75, 3.05) is 26.2 Å². The van der Waals surface area contributed by atoms with Crippen LogP contribution in [-0.2, 0) is 10.0 Å². The second-order valence-corrected chi connectivity index (χ2v) is 8.54. The lowest BCUT2D eigenvalue weighted by Gasteiger charge is -2.33. The predicted molar refractivity (Wildman–Crippen MR) is 93.0 cm³/mol. The van der Waals surface area contributed by atoms with Gasteiger partial charge in [-0.25, -0.2) is 13.4 Å². The molecule has 3 rings (SSSR count). The first-order valence-electron chi connectivity index (χ1n) is 7.33. The maximum atomic E-state index is 12.7. The number of amides is 1. The maximum Gasteiger partial charge on any atom is 0.273 e. The number of hydrogen-bond donors (Lipinski definition) is 0. The van der Waals surface area contributed by atoms with Crippen molar-refractivity contribution in [3.8, 4) is 0 Å². The summed E-state index contributed by atoms with van der Waals surface area (Å²) >= 11 is 7.40. The first kappa shape index (κ1) is 17.3. The first-order chi connectivity index (χ1) is 11.4. The van der Waals surface area contributed by atoms with Crippen LogP contribution >= 0.6 is 22.9 Å². The molecule has 0 unspecified atom stereocenters. The van der Waals surface area contributed by atoms with Gasteiger partial charge in [0.2, 0.25) is 10.0 Å². The Bertz CT molecular complexity index is 845. The van der Waals surface area contributed by atoms with Crippen molar-refractivity contribution < 1.29 is 13.2 Å². The zero-order chi connectivity index (χ0) is 17.3. The van der Waals surface area contributed by atoms with E-state index in [1.54, 1.807) is 27.9 Å². The number of halogens is 1. The smallest absolute Gasteiger partial charge is 0.273 e. The molecule has 0 atom stereocenters. The van der Waals surface area contributed by atoms with E-state index in [1.165, 1.54) is 21.7 Å². The molecule has 1 aliphatic rings. The molecule has 0 aliphatic carbocycles. The van der Waals surface area contributed by atoms with Crippen LogP contribution in [0, 0.1) is 6.92 Å². The molecule has 0 bridgehead atoms. The number of piperazine rings is 1. The van der Waals surface area contributed by atoms with Gasteiger partial charge in [0, 0.05) is 36.6 Å². The van der Waals surface area contributed by atoms with Crippen LogP contribution in [0.15, 0.2) is 34.0 Å². The number of rotatable bonds is 3. The van der Waals surface area contributed by atoms with Crippen LogP contribution in [0.25, 0.3) is 0 Å². The van der Waals surface area contributed by atoms with Gasteiger partial charge < -0.3 is 4.90 Å². The molecule has 1 amide bonds. The zero-order valence-electron chi connectivity index (χ0n) is 13.0. The average molecular weight is 386 g/mol. The monoisotopic (exact) mass is 385 g/mol. The summed E-state index contributed by atoms with van der Waals surface area (Å²) in [4.78, 5) is 18.1. The van der Waals surface area contributed by atoms with E-state index >= 15 is 0 Å². The highest BCUT2D eigenvalue weighted by atomic mass is 35.5. The number of carbonyl (C=O) groups is 1. The molecule has 128 valence electrons. The minimum absolute atomic E-state index is 0.160. The van der Waals surface area contributed by atoms with Crippen molar-refractivity contribution in [2.24, 2.45) is 0 Å². The molecule has 0 saturated carbocycles. The van der Waals surface area contributed by atoms with Crippen LogP contribution in [0.1, 0.15) is 16.1 Å². The van der Waals surface area contributed by atoms with Gasteiger partial charge in [-0.3, -0.25) is 4.79 Å². The Morgan fingerprint density at radius 3 is 2.54 bits per heavy atom. The topological polar surface area (TPSA) is 70.6 Å². The lowest BCUT2D eigenvalue weighted by Crippen LogP contribution is -2.50. The summed E-state index contributed by atoms with van der Waals surface area (Å²) in [6, 6.07) is 4.72. The van der Waals surface area contributed by atoms with E-state index in [4.69, 9.17) is 11.6 Å². The molecular formula is C15H16ClN3O3S2. The highest BCUT2D eigenvalue weighted by Crippen LogP contribution is 2.23. The molecule has 0 N–H and O–H groups in total. The summed E-state index contributed by atoms with van der Waals surface area (Å²) in [7, 11) is -3.61. The molecule has 2 heterocycles. The van der Waals surface area contributed by atoms with E-state index in [2.05, 4.69) is 4.98 Å². The third-order valence-corrected chi connectivity index (χ3v) is 6.85. The highest BCUT2D eigenvalue weighted by molar-refractivity contribution is 7.89. The highest BCUT2D eigenvalue weighted by Gasteiger charge is 2.31. The predicted octanol–water partition coefficient (Wildman–Crippen LogP) is 2.25. The van der Waals surface area contributed by atoms with Gasteiger partial charge in [-0.05, 0) is 24.6 Å². The summed E-state index contributed by atoms with van der Waals surface area (Å²) in [6.45, 7) is 3.01. The molecule has 1 fully saturated rings. The number of benzene rings is 1. The lowest BCUT2D eigenvalue weighted by molar-refractivity contribution is 0.0693. The van der Waals surface area contributed by atoms with Crippen LogP contribution in [-0.4, -0.2) is 54.7 Å². The summed E-state index contributed by atoms with van der Waals surface area (Å²) in [5.41, 5.74) is 2.84. The van der Waals surface area contributed by atoms with Gasteiger partial charge in [-0.2, -0.15) is 4.31 Å². The zero-order valence-corrected chi connectivity index (χ0v) is 15.4. The molecule has 6 nitrogen and oxygen atoms in total. The summed E-state index contributed by atoms with van der Waals surface area (Å²) in [6.07, 6.45) is 0. The summed E-state index contributed by atoms with van der Waals surface area (Å²) in [5, 5.41) is 2.12. The van der Waals surface area contributed by atoms with Crippen LogP contribution in [0.4, 0.5) is 0 Å². The number of sulfonamides is 1. The van der Waals surface area contributed by atoms with Crippen molar-refractivity contribution in [1.29, 1.82) is 0 Å². The van der Waals surface area contributed by atoms with E-state index in [-0.39, 0.29) is 23.9 Å². The molecule has 0 radical (unpaired) electrons. The molecule has 1 aromatic carbocycles. The van der Waals surface area contributed by atoms with E-state index < -0.39 is 10.0 Å². The van der Waals surface area contributed by atoms with Crippen LogP contribution < -0.4 is 0 Å². The number of nitrogens with zero attached hydrogens (tertiary/aromatic N) is 3. The standard InChI is InChI=1S/C15H16ClN3O3S2/c1-11-2-3-12(8-13(11)16)24(21,22)19-6-4-18(5-7-19)15(20)14-9-23-10-17-14/h2-3,8-10H,4-7H2,1H3. The van der Waals surface area contributed by atoms with Crippen LogP contribution in [0.2, 0.25) is 5.02 Å². The third-order valence-electron chi connectivity index (χ3n) is 3.96. The first-order valence-corrected chi connectivity index (χ1v) is 10.1. The molecule has 2 aromatic rings. The largest absolute Gasteiger partial charge is 0.335 e. The minimum atomic E-state index is -3.61. The fourth-order valence-corrected chi connectivity index (χ4v) is 4.71. The van der Waals surface area contributed by atoms with Crippen LogP contribution in [0.3, 0.4) is 0 Å². The van der Waals surface area contributed by atoms with Crippen molar-refractivity contribution in [1.82, 2.24) is 14.2 Å². The quantitative estimate of drug-likeness (QED) is 0.812. The Hall–Kier alpha value is -1.48. The molecule has 0 spiro atoms. The van der Waals surface area contributed by atoms with E-state index in [1.807, 2.05) is 6.92 Å². The number of carbonyl (C=O) groups excluding carboxylic acids is 1. The molecule has 1 aromatic heterocycles. The van der Waals surface area contributed by atoms with Gasteiger partial charge in [0.05, 0.1) is 10.4 Å². The number of aromatic nitrogens is 1. The van der Waals surface area contributed by atoms with E-state index in [0.717, 1.165) is 5.56 Å². The van der Waals surface area contributed by atoms with E-state index in [9.17, 15) is 13.2 Å². The lowest BCUT2D eigenvalue weighted by atomic mass is 10.2.